The van der Waals surface area contributed by atoms with E-state index in [0.717, 1.165) is 35.2 Å². The van der Waals surface area contributed by atoms with E-state index in [1.807, 2.05) is 47.5 Å². The first kappa shape index (κ1) is 28.2. The molecule has 0 fully saturated rings. The standard InChI is InChI=1S/C31H34Cl2N2O5/c1-5-6-7-8-13-39-27-12-10-20(15-29(27)38-4)31-35-25(22-16-21(32)17-23(33)30(22)40-31)18-24(34-35)19-9-11-26(36-2)28(14-19)37-3/h9-12,14-17,25,31H,5-8,13,18H2,1-4H3/t25-,31-/m1/s1. The minimum atomic E-state index is -0.540. The zero-order valence-electron chi connectivity index (χ0n) is 23.2. The Kier molecular flexibility index (Phi) is 8.81. The third-order valence-corrected chi connectivity index (χ3v) is 7.75. The van der Waals surface area contributed by atoms with E-state index in [1.165, 1.54) is 12.8 Å². The van der Waals surface area contributed by atoms with Crippen LogP contribution in [0.15, 0.2) is 53.6 Å². The monoisotopic (exact) mass is 584 g/mol. The van der Waals surface area contributed by atoms with Gasteiger partial charge in [0.05, 0.1) is 44.7 Å². The van der Waals surface area contributed by atoms with Crippen LogP contribution >= 0.6 is 23.2 Å². The molecule has 40 heavy (non-hydrogen) atoms. The van der Waals surface area contributed by atoms with Gasteiger partial charge in [0.25, 0.3) is 0 Å². The Labute approximate surface area is 245 Å². The molecule has 0 unspecified atom stereocenters. The Morgan fingerprint density at radius 3 is 2.38 bits per heavy atom. The third-order valence-electron chi connectivity index (χ3n) is 7.25. The molecule has 2 aliphatic rings. The molecule has 3 aromatic rings. The summed E-state index contributed by atoms with van der Waals surface area (Å²) in [4.78, 5) is 0. The fourth-order valence-electron chi connectivity index (χ4n) is 5.19. The van der Waals surface area contributed by atoms with E-state index in [0.29, 0.717) is 51.8 Å². The Hall–Kier alpha value is -3.29. The van der Waals surface area contributed by atoms with E-state index in [2.05, 4.69) is 6.92 Å². The van der Waals surface area contributed by atoms with Crippen LogP contribution in [0.25, 0.3) is 0 Å². The summed E-state index contributed by atoms with van der Waals surface area (Å²) in [6.45, 7) is 2.84. The zero-order chi connectivity index (χ0) is 28.2. The molecule has 3 aromatic carbocycles. The van der Waals surface area contributed by atoms with E-state index in [-0.39, 0.29) is 6.04 Å². The molecule has 0 N–H and O–H groups in total. The van der Waals surface area contributed by atoms with Gasteiger partial charge in [-0.15, -0.1) is 0 Å². The molecule has 0 saturated carbocycles. The van der Waals surface area contributed by atoms with Crippen LogP contribution in [0.2, 0.25) is 10.0 Å². The first-order chi connectivity index (χ1) is 19.5. The van der Waals surface area contributed by atoms with Crippen molar-refractivity contribution in [1.29, 1.82) is 0 Å². The van der Waals surface area contributed by atoms with E-state index in [1.54, 1.807) is 27.4 Å². The number of methoxy groups -OCH3 is 3. The third kappa shape index (κ3) is 5.63. The highest BCUT2D eigenvalue weighted by molar-refractivity contribution is 6.35. The molecule has 2 heterocycles. The maximum atomic E-state index is 6.65. The lowest BCUT2D eigenvalue weighted by Gasteiger charge is -2.38. The summed E-state index contributed by atoms with van der Waals surface area (Å²) in [6, 6.07) is 15.1. The molecule has 0 saturated heterocycles. The van der Waals surface area contributed by atoms with Crippen LogP contribution < -0.4 is 23.7 Å². The second kappa shape index (κ2) is 12.5. The highest BCUT2D eigenvalue weighted by atomic mass is 35.5. The number of unbranched alkanes of at least 4 members (excludes halogenated alkanes) is 3. The normalized spacial score (nSPS) is 17.4. The van der Waals surface area contributed by atoms with Gasteiger partial charge in [-0.3, -0.25) is 0 Å². The number of fused-ring (bicyclic) bond motifs is 3. The van der Waals surface area contributed by atoms with Crippen molar-refractivity contribution in [2.24, 2.45) is 5.10 Å². The maximum absolute atomic E-state index is 6.65. The van der Waals surface area contributed by atoms with Crippen LogP contribution in [0.4, 0.5) is 0 Å². The van der Waals surface area contributed by atoms with Crippen molar-refractivity contribution in [2.45, 2.75) is 51.3 Å². The lowest BCUT2D eigenvalue weighted by Crippen LogP contribution is -2.33. The van der Waals surface area contributed by atoms with Gasteiger partial charge in [0.2, 0.25) is 6.23 Å². The molecule has 9 heteroatoms. The van der Waals surface area contributed by atoms with Gasteiger partial charge in [-0.1, -0.05) is 49.4 Å². The van der Waals surface area contributed by atoms with Gasteiger partial charge < -0.3 is 23.7 Å². The molecular formula is C31H34Cl2N2O5. The highest BCUT2D eigenvalue weighted by Gasteiger charge is 2.42. The Morgan fingerprint density at radius 2 is 1.62 bits per heavy atom. The van der Waals surface area contributed by atoms with Crippen LogP contribution in [-0.2, 0) is 0 Å². The van der Waals surface area contributed by atoms with Crippen LogP contribution in [0, 0.1) is 0 Å². The first-order valence-corrected chi connectivity index (χ1v) is 14.3. The predicted octanol–water partition coefficient (Wildman–Crippen LogP) is 8.22. The van der Waals surface area contributed by atoms with Gasteiger partial charge in [-0.2, -0.15) is 5.10 Å². The summed E-state index contributed by atoms with van der Waals surface area (Å²) in [7, 11) is 4.89. The van der Waals surface area contributed by atoms with Crippen molar-refractivity contribution in [3.05, 3.63) is 75.3 Å². The van der Waals surface area contributed by atoms with Crippen molar-refractivity contribution >= 4 is 28.9 Å². The number of halogens is 2. The molecule has 0 bridgehead atoms. The van der Waals surface area contributed by atoms with Crippen molar-refractivity contribution in [3.8, 4) is 28.7 Å². The van der Waals surface area contributed by atoms with Crippen LogP contribution in [0.1, 0.15) is 68.0 Å². The van der Waals surface area contributed by atoms with Gasteiger partial charge in [0.15, 0.2) is 23.0 Å². The molecule has 2 atom stereocenters. The second-order valence-electron chi connectivity index (χ2n) is 9.81. The van der Waals surface area contributed by atoms with Crippen molar-refractivity contribution < 1.29 is 23.7 Å². The molecule has 0 spiro atoms. The number of rotatable bonds is 11. The molecule has 0 aromatic heterocycles. The van der Waals surface area contributed by atoms with Gasteiger partial charge in [-0.25, -0.2) is 5.01 Å². The van der Waals surface area contributed by atoms with E-state index in [4.69, 9.17) is 52.0 Å². The van der Waals surface area contributed by atoms with Gasteiger partial charge in [-0.05, 0) is 55.0 Å². The molecule has 5 rings (SSSR count). The average Bonchev–Trinajstić information content (AvgIpc) is 3.42. The van der Waals surface area contributed by atoms with Gasteiger partial charge >= 0.3 is 0 Å². The van der Waals surface area contributed by atoms with Crippen LogP contribution in [-0.4, -0.2) is 38.7 Å². The maximum Gasteiger partial charge on any atom is 0.214 e. The number of hydrazone groups is 1. The van der Waals surface area contributed by atoms with E-state index in [9.17, 15) is 0 Å². The van der Waals surface area contributed by atoms with Crippen LogP contribution in [0.5, 0.6) is 28.7 Å². The number of benzene rings is 3. The Morgan fingerprint density at radius 1 is 0.875 bits per heavy atom. The number of nitrogens with zero attached hydrogens (tertiary/aromatic N) is 2. The summed E-state index contributed by atoms with van der Waals surface area (Å²) in [6.07, 6.45) is 4.64. The summed E-state index contributed by atoms with van der Waals surface area (Å²) in [5, 5.41) is 8.04. The summed E-state index contributed by atoms with van der Waals surface area (Å²) >= 11 is 13.1. The fourth-order valence-corrected chi connectivity index (χ4v) is 5.75. The van der Waals surface area contributed by atoms with Crippen molar-refractivity contribution in [3.63, 3.8) is 0 Å². The smallest absolute Gasteiger partial charge is 0.214 e. The summed E-state index contributed by atoms with van der Waals surface area (Å²) < 4.78 is 29.2. The zero-order valence-corrected chi connectivity index (χ0v) is 24.7. The van der Waals surface area contributed by atoms with Crippen molar-refractivity contribution in [1.82, 2.24) is 5.01 Å². The highest BCUT2D eigenvalue weighted by Crippen LogP contribution is 2.51. The largest absolute Gasteiger partial charge is 0.493 e. The number of hydrogen-bond acceptors (Lipinski definition) is 7. The number of ether oxygens (including phenoxy) is 5. The summed E-state index contributed by atoms with van der Waals surface area (Å²) in [5.41, 5.74) is 3.59. The topological polar surface area (TPSA) is 61.8 Å². The second-order valence-corrected chi connectivity index (χ2v) is 10.7. The molecule has 0 radical (unpaired) electrons. The van der Waals surface area contributed by atoms with Gasteiger partial charge in [0, 0.05) is 28.1 Å². The summed E-state index contributed by atoms with van der Waals surface area (Å²) in [5.74, 6) is 3.26. The first-order valence-electron chi connectivity index (χ1n) is 13.5. The predicted molar refractivity (Wildman–Crippen MR) is 158 cm³/mol. The van der Waals surface area contributed by atoms with E-state index < -0.39 is 6.23 Å². The molecule has 2 aliphatic heterocycles. The molecule has 212 valence electrons. The Balaban J connectivity index is 1.50. The number of hydrogen-bond donors (Lipinski definition) is 0. The Bertz CT molecular complexity index is 1400. The fraction of sp³-hybridized carbons (Fsp3) is 0.387. The van der Waals surface area contributed by atoms with Crippen molar-refractivity contribution in [2.75, 3.05) is 27.9 Å². The SMILES string of the molecule is CCCCCCOc1ccc([C@H]2Oc3c(Cl)cc(Cl)cc3[C@H]3CC(c4ccc(OC)c(OC)c4)=NN32)cc1OC. The molecule has 7 nitrogen and oxygen atoms in total. The van der Waals surface area contributed by atoms with E-state index >= 15 is 0 Å². The minimum Gasteiger partial charge on any atom is -0.493 e. The lowest BCUT2D eigenvalue weighted by molar-refractivity contribution is -0.0190. The minimum absolute atomic E-state index is 0.131. The van der Waals surface area contributed by atoms with Crippen LogP contribution in [0.3, 0.4) is 0 Å². The molecule has 0 aliphatic carbocycles. The van der Waals surface area contributed by atoms with Gasteiger partial charge in [0.1, 0.15) is 5.75 Å². The molecule has 0 amide bonds. The lowest BCUT2D eigenvalue weighted by atomic mass is 9.95. The average molecular weight is 586 g/mol. The quantitative estimate of drug-likeness (QED) is 0.211. The molecular weight excluding hydrogens is 551 g/mol.